The van der Waals surface area contributed by atoms with Crippen LogP contribution in [-0.2, 0) is 19.6 Å². The lowest BCUT2D eigenvalue weighted by atomic mass is 10.2. The monoisotopic (exact) mass is 289 g/mol. The van der Waals surface area contributed by atoms with Gasteiger partial charge in [0.2, 0.25) is 0 Å². The van der Waals surface area contributed by atoms with E-state index in [1.807, 2.05) is 24.6 Å². The molecule has 1 aromatic carbocycles. The quantitative estimate of drug-likeness (QED) is 0.845. The summed E-state index contributed by atoms with van der Waals surface area (Å²) < 4.78 is 7.58. The topological polar surface area (TPSA) is 50.8 Å². The summed E-state index contributed by atoms with van der Waals surface area (Å²) in [6.45, 7) is 5.13. The van der Waals surface area contributed by atoms with Crippen LogP contribution in [0.2, 0.25) is 5.02 Å². The predicted molar refractivity (Wildman–Crippen MR) is 77.8 cm³/mol. The lowest BCUT2D eigenvalue weighted by molar-refractivity contribution is 0.292. The van der Waals surface area contributed by atoms with Gasteiger partial charge in [0.25, 0.3) is 0 Å². The van der Waals surface area contributed by atoms with Crippen LogP contribution >= 0.6 is 11.6 Å². The van der Waals surface area contributed by atoms with Crippen molar-refractivity contribution in [1.29, 1.82) is 5.26 Å². The lowest BCUT2D eigenvalue weighted by Gasteiger charge is -2.08. The summed E-state index contributed by atoms with van der Waals surface area (Å²) in [6.07, 6.45) is 0.794. The van der Waals surface area contributed by atoms with E-state index in [4.69, 9.17) is 21.6 Å². The van der Waals surface area contributed by atoms with Crippen molar-refractivity contribution in [3.05, 3.63) is 46.2 Å². The number of rotatable bonds is 5. The third-order valence-electron chi connectivity index (χ3n) is 3.03. The zero-order valence-electron chi connectivity index (χ0n) is 11.6. The highest BCUT2D eigenvalue weighted by Crippen LogP contribution is 2.23. The Bertz CT molecular complexity index is 643. The number of halogens is 1. The Hall–Kier alpha value is -1.99. The van der Waals surface area contributed by atoms with Crippen molar-refractivity contribution in [2.45, 2.75) is 33.4 Å². The van der Waals surface area contributed by atoms with Crippen LogP contribution in [0.1, 0.15) is 30.8 Å². The Labute approximate surface area is 123 Å². The fourth-order valence-electron chi connectivity index (χ4n) is 1.96. The van der Waals surface area contributed by atoms with Gasteiger partial charge in [-0.1, -0.05) is 24.6 Å². The molecule has 5 heteroatoms. The third kappa shape index (κ3) is 2.94. The third-order valence-corrected chi connectivity index (χ3v) is 3.47. The van der Waals surface area contributed by atoms with Crippen LogP contribution in [0.3, 0.4) is 0 Å². The maximum Gasteiger partial charge on any atom is 0.131 e. The van der Waals surface area contributed by atoms with E-state index in [9.17, 15) is 0 Å². The summed E-state index contributed by atoms with van der Waals surface area (Å²) in [6, 6.07) is 9.16. The molecule has 0 aliphatic carbocycles. The molecule has 2 rings (SSSR count). The van der Waals surface area contributed by atoms with E-state index in [0.29, 0.717) is 22.9 Å². The van der Waals surface area contributed by atoms with Crippen LogP contribution in [-0.4, -0.2) is 9.78 Å². The van der Waals surface area contributed by atoms with Crippen LogP contribution < -0.4 is 4.74 Å². The SMILES string of the molecule is CCc1nn(CC)c(COc2cccc(C#N)c2)c1Cl. The van der Waals surface area contributed by atoms with Crippen LogP contribution in [0.25, 0.3) is 0 Å². The molecule has 0 aliphatic rings. The summed E-state index contributed by atoms with van der Waals surface area (Å²) in [5.74, 6) is 0.655. The summed E-state index contributed by atoms with van der Waals surface area (Å²) in [5, 5.41) is 14.0. The lowest BCUT2D eigenvalue weighted by Crippen LogP contribution is -2.06. The van der Waals surface area contributed by atoms with Crippen molar-refractivity contribution in [3.63, 3.8) is 0 Å². The highest BCUT2D eigenvalue weighted by Gasteiger charge is 2.14. The molecule has 0 fully saturated rings. The van der Waals surface area contributed by atoms with Gasteiger partial charge in [-0.25, -0.2) is 0 Å². The smallest absolute Gasteiger partial charge is 0.131 e. The van der Waals surface area contributed by atoms with Gasteiger partial charge in [0.05, 0.1) is 28.0 Å². The van der Waals surface area contributed by atoms with Gasteiger partial charge in [0, 0.05) is 6.54 Å². The normalized spacial score (nSPS) is 10.3. The van der Waals surface area contributed by atoms with Gasteiger partial charge in [0.1, 0.15) is 12.4 Å². The Morgan fingerprint density at radius 3 is 2.85 bits per heavy atom. The van der Waals surface area contributed by atoms with E-state index in [1.54, 1.807) is 18.2 Å². The summed E-state index contributed by atoms with van der Waals surface area (Å²) in [4.78, 5) is 0. The van der Waals surface area contributed by atoms with Crippen LogP contribution in [0.4, 0.5) is 0 Å². The zero-order chi connectivity index (χ0) is 14.5. The number of hydrogen-bond acceptors (Lipinski definition) is 3. The molecule has 1 aromatic heterocycles. The van der Waals surface area contributed by atoms with E-state index < -0.39 is 0 Å². The van der Waals surface area contributed by atoms with E-state index in [1.165, 1.54) is 0 Å². The minimum Gasteiger partial charge on any atom is -0.487 e. The molecular weight excluding hydrogens is 274 g/mol. The van der Waals surface area contributed by atoms with E-state index in [-0.39, 0.29) is 0 Å². The first kappa shape index (κ1) is 14.4. The first-order chi connectivity index (χ1) is 9.69. The highest BCUT2D eigenvalue weighted by atomic mass is 35.5. The highest BCUT2D eigenvalue weighted by molar-refractivity contribution is 6.31. The molecule has 0 radical (unpaired) electrons. The van der Waals surface area contributed by atoms with Gasteiger partial charge in [-0.3, -0.25) is 4.68 Å². The number of benzene rings is 1. The van der Waals surface area contributed by atoms with Crippen molar-refractivity contribution in [2.75, 3.05) is 0 Å². The largest absolute Gasteiger partial charge is 0.487 e. The Morgan fingerprint density at radius 2 is 2.20 bits per heavy atom. The standard InChI is InChI=1S/C15H16ClN3O/c1-3-13-15(16)14(19(4-2)18-13)10-20-12-7-5-6-11(8-12)9-17/h5-8H,3-4,10H2,1-2H3. The van der Waals surface area contributed by atoms with Gasteiger partial charge in [-0.15, -0.1) is 0 Å². The first-order valence-corrected chi connectivity index (χ1v) is 6.94. The number of aryl methyl sites for hydroxylation is 2. The molecule has 2 aromatic rings. The molecule has 4 nitrogen and oxygen atoms in total. The average Bonchev–Trinajstić information content (AvgIpc) is 2.81. The van der Waals surface area contributed by atoms with Crippen molar-refractivity contribution >= 4 is 11.6 Å². The molecule has 1 heterocycles. The van der Waals surface area contributed by atoms with Crippen LogP contribution in [0.5, 0.6) is 5.75 Å². The van der Waals surface area contributed by atoms with E-state index >= 15 is 0 Å². The van der Waals surface area contributed by atoms with Gasteiger partial charge < -0.3 is 4.74 Å². The fraction of sp³-hybridized carbons (Fsp3) is 0.333. The van der Waals surface area contributed by atoms with E-state index in [2.05, 4.69) is 11.2 Å². The Balaban J connectivity index is 2.18. The molecule has 0 spiro atoms. The maximum absolute atomic E-state index is 8.87. The second-order valence-corrected chi connectivity index (χ2v) is 4.68. The Kier molecular flexibility index (Phi) is 4.65. The van der Waals surface area contributed by atoms with Crippen molar-refractivity contribution < 1.29 is 4.74 Å². The number of aromatic nitrogens is 2. The summed E-state index contributed by atoms with van der Waals surface area (Å²) in [7, 11) is 0. The number of hydrogen-bond donors (Lipinski definition) is 0. The molecule has 0 bridgehead atoms. The molecule has 0 unspecified atom stereocenters. The van der Waals surface area contributed by atoms with Gasteiger partial charge in [-0.2, -0.15) is 10.4 Å². The Morgan fingerprint density at radius 1 is 1.40 bits per heavy atom. The summed E-state index contributed by atoms with van der Waals surface area (Å²) in [5.41, 5.74) is 2.33. The zero-order valence-corrected chi connectivity index (χ0v) is 12.3. The van der Waals surface area contributed by atoms with Crippen molar-refractivity contribution in [3.8, 4) is 11.8 Å². The second-order valence-electron chi connectivity index (χ2n) is 4.30. The molecule has 0 saturated carbocycles. The molecule has 20 heavy (non-hydrogen) atoms. The number of ether oxygens (including phenoxy) is 1. The van der Waals surface area contributed by atoms with Gasteiger partial charge in [-0.05, 0) is 31.5 Å². The number of nitriles is 1. The maximum atomic E-state index is 8.87. The average molecular weight is 290 g/mol. The van der Waals surface area contributed by atoms with E-state index in [0.717, 1.165) is 24.4 Å². The first-order valence-electron chi connectivity index (χ1n) is 6.56. The number of nitrogens with zero attached hydrogens (tertiary/aromatic N) is 3. The molecule has 0 aliphatic heterocycles. The molecule has 0 N–H and O–H groups in total. The minimum atomic E-state index is 0.342. The van der Waals surface area contributed by atoms with Gasteiger partial charge >= 0.3 is 0 Å². The van der Waals surface area contributed by atoms with Crippen molar-refractivity contribution in [1.82, 2.24) is 9.78 Å². The van der Waals surface area contributed by atoms with Crippen LogP contribution in [0.15, 0.2) is 24.3 Å². The summed E-state index contributed by atoms with van der Waals surface area (Å²) >= 11 is 6.32. The molecule has 104 valence electrons. The van der Waals surface area contributed by atoms with Crippen molar-refractivity contribution in [2.24, 2.45) is 0 Å². The van der Waals surface area contributed by atoms with Gasteiger partial charge in [0.15, 0.2) is 0 Å². The second kappa shape index (κ2) is 6.44. The molecule has 0 amide bonds. The fourth-order valence-corrected chi connectivity index (χ4v) is 2.29. The molecular formula is C15H16ClN3O. The predicted octanol–water partition coefficient (Wildman–Crippen LogP) is 3.57. The van der Waals surface area contributed by atoms with Crippen LogP contribution in [0, 0.1) is 11.3 Å². The minimum absolute atomic E-state index is 0.342. The molecule has 0 atom stereocenters. The molecule has 0 saturated heterocycles.